The van der Waals surface area contributed by atoms with E-state index in [4.69, 9.17) is 0 Å². The molecule has 98 valence electrons. The maximum Gasteiger partial charge on any atom is 0.169 e. The fourth-order valence-electron chi connectivity index (χ4n) is 2.26. The standard InChI is InChI=1S/C19H17S/c1-2-5-11-17-12-8-9-15-19(17)20(16-10-3-1)18-13-6-4-7-14-18/h1-10,12-16H,11H2/q+1/b3-1-,5-2+,16-10+. The first-order valence-corrected chi connectivity index (χ1v) is 8.10. The van der Waals surface area contributed by atoms with Gasteiger partial charge in [0.2, 0.25) is 0 Å². The molecule has 1 heteroatoms. The Balaban J connectivity index is 2.11. The lowest BCUT2D eigenvalue weighted by molar-refractivity contribution is 1.17. The highest BCUT2D eigenvalue weighted by Crippen LogP contribution is 2.28. The van der Waals surface area contributed by atoms with Crippen LogP contribution in [-0.2, 0) is 17.3 Å². The van der Waals surface area contributed by atoms with Crippen LogP contribution in [0.15, 0.2) is 100 Å². The zero-order valence-electron chi connectivity index (χ0n) is 11.3. The summed E-state index contributed by atoms with van der Waals surface area (Å²) in [4.78, 5) is 2.80. The van der Waals surface area contributed by atoms with Gasteiger partial charge in [-0.25, -0.2) is 0 Å². The Kier molecular flexibility index (Phi) is 4.19. The topological polar surface area (TPSA) is 0 Å². The predicted molar refractivity (Wildman–Crippen MR) is 87.9 cm³/mol. The average molecular weight is 277 g/mol. The molecule has 0 saturated heterocycles. The van der Waals surface area contributed by atoms with E-state index in [1.165, 1.54) is 15.4 Å². The molecule has 1 atom stereocenters. The first-order valence-electron chi connectivity index (χ1n) is 6.81. The Bertz CT molecular complexity index is 650. The van der Waals surface area contributed by atoms with Crippen molar-refractivity contribution in [1.29, 1.82) is 0 Å². The second-order valence-corrected chi connectivity index (χ2v) is 6.46. The van der Waals surface area contributed by atoms with Crippen LogP contribution in [0.5, 0.6) is 0 Å². The maximum atomic E-state index is 2.31. The molecule has 0 nitrogen and oxygen atoms in total. The Morgan fingerprint density at radius 1 is 0.700 bits per heavy atom. The highest BCUT2D eigenvalue weighted by Gasteiger charge is 2.24. The smallest absolute Gasteiger partial charge is 0.0799 e. The van der Waals surface area contributed by atoms with Crippen molar-refractivity contribution in [3.8, 4) is 0 Å². The monoisotopic (exact) mass is 277 g/mol. The molecule has 0 radical (unpaired) electrons. The first-order chi connectivity index (χ1) is 9.95. The van der Waals surface area contributed by atoms with Crippen molar-refractivity contribution in [2.24, 2.45) is 0 Å². The molecule has 0 aromatic heterocycles. The Morgan fingerprint density at radius 2 is 1.45 bits per heavy atom. The third-order valence-electron chi connectivity index (χ3n) is 3.23. The summed E-state index contributed by atoms with van der Waals surface area (Å²) in [6.45, 7) is 0. The molecule has 1 aliphatic rings. The molecule has 20 heavy (non-hydrogen) atoms. The fraction of sp³-hybridized carbons (Fsp3) is 0.0526. The predicted octanol–water partition coefficient (Wildman–Crippen LogP) is 4.91. The van der Waals surface area contributed by atoms with Crippen LogP contribution in [0.4, 0.5) is 0 Å². The van der Waals surface area contributed by atoms with E-state index in [1.807, 2.05) is 0 Å². The van der Waals surface area contributed by atoms with E-state index in [2.05, 4.69) is 90.4 Å². The Labute approximate surface area is 123 Å². The molecule has 1 unspecified atom stereocenters. The van der Waals surface area contributed by atoms with E-state index < -0.39 is 0 Å². The summed E-state index contributed by atoms with van der Waals surface area (Å²) in [5.41, 5.74) is 1.41. The number of hydrogen-bond acceptors (Lipinski definition) is 0. The summed E-state index contributed by atoms with van der Waals surface area (Å²) in [5.74, 6) is 0. The molecule has 0 bridgehead atoms. The molecule has 3 rings (SSSR count). The Morgan fingerprint density at radius 3 is 2.35 bits per heavy atom. The zero-order chi connectivity index (χ0) is 13.6. The third kappa shape index (κ3) is 2.94. The molecular weight excluding hydrogens is 260 g/mol. The van der Waals surface area contributed by atoms with Crippen molar-refractivity contribution >= 4 is 10.9 Å². The van der Waals surface area contributed by atoms with Crippen LogP contribution in [0.1, 0.15) is 5.56 Å². The lowest BCUT2D eigenvalue weighted by Crippen LogP contribution is -2.03. The van der Waals surface area contributed by atoms with E-state index in [1.54, 1.807) is 0 Å². The van der Waals surface area contributed by atoms with Gasteiger partial charge in [-0.2, -0.15) is 0 Å². The summed E-state index contributed by atoms with van der Waals surface area (Å²) in [5, 5.41) is 2.31. The lowest BCUT2D eigenvalue weighted by atomic mass is 10.1. The third-order valence-corrected chi connectivity index (χ3v) is 5.31. The number of benzene rings is 2. The summed E-state index contributed by atoms with van der Waals surface area (Å²) in [7, 11) is 0.00403. The second kappa shape index (κ2) is 6.44. The van der Waals surface area contributed by atoms with Crippen LogP contribution in [0.25, 0.3) is 0 Å². The second-order valence-electron chi connectivity index (χ2n) is 4.60. The SMILES string of the molecule is C1=C\C=C\[S+](c2ccccc2)c2ccccc2C/C=C/1. The maximum absolute atomic E-state index is 2.31. The molecule has 2 aromatic rings. The average Bonchev–Trinajstić information content (AvgIpc) is 2.52. The minimum Gasteiger partial charge on any atom is -0.0799 e. The van der Waals surface area contributed by atoms with E-state index in [-0.39, 0.29) is 10.9 Å². The van der Waals surface area contributed by atoms with Gasteiger partial charge < -0.3 is 0 Å². The van der Waals surface area contributed by atoms with Crippen LogP contribution in [-0.4, -0.2) is 0 Å². The van der Waals surface area contributed by atoms with Crippen LogP contribution in [0, 0.1) is 0 Å². The van der Waals surface area contributed by atoms with Gasteiger partial charge in [0.15, 0.2) is 9.79 Å². The van der Waals surface area contributed by atoms with Crippen molar-refractivity contribution in [3.63, 3.8) is 0 Å². The lowest BCUT2D eigenvalue weighted by Gasteiger charge is -2.08. The molecule has 1 aliphatic heterocycles. The van der Waals surface area contributed by atoms with Gasteiger partial charge >= 0.3 is 0 Å². The van der Waals surface area contributed by atoms with Crippen LogP contribution >= 0.6 is 0 Å². The highest BCUT2D eigenvalue weighted by molar-refractivity contribution is 7.99. The normalized spacial score (nSPS) is 22.5. The molecule has 0 saturated carbocycles. The van der Waals surface area contributed by atoms with Gasteiger partial charge in [-0.05, 0) is 30.7 Å². The quantitative estimate of drug-likeness (QED) is 0.650. The fourth-order valence-corrected chi connectivity index (χ4v) is 4.17. The van der Waals surface area contributed by atoms with E-state index in [9.17, 15) is 0 Å². The Hall–Kier alpha value is -1.99. The van der Waals surface area contributed by atoms with Gasteiger partial charge in [0.1, 0.15) is 5.41 Å². The van der Waals surface area contributed by atoms with Crippen molar-refractivity contribution in [2.45, 2.75) is 16.2 Å². The molecule has 2 aromatic carbocycles. The van der Waals surface area contributed by atoms with E-state index >= 15 is 0 Å². The van der Waals surface area contributed by atoms with Crippen LogP contribution in [0.2, 0.25) is 0 Å². The van der Waals surface area contributed by atoms with E-state index in [0.717, 1.165) is 6.42 Å². The molecule has 0 aliphatic carbocycles. The molecule has 1 heterocycles. The van der Waals surface area contributed by atoms with Gasteiger partial charge in [0, 0.05) is 5.56 Å². The number of rotatable bonds is 1. The molecule has 0 spiro atoms. The summed E-state index contributed by atoms with van der Waals surface area (Å²) >= 11 is 0. The van der Waals surface area contributed by atoms with Crippen molar-refractivity contribution < 1.29 is 0 Å². The largest absolute Gasteiger partial charge is 0.169 e. The summed E-state index contributed by atoms with van der Waals surface area (Å²) in [6.07, 6.45) is 11.7. The number of hydrogen-bond donors (Lipinski definition) is 0. The number of allylic oxidation sites excluding steroid dienone is 5. The van der Waals surface area contributed by atoms with Crippen molar-refractivity contribution in [1.82, 2.24) is 0 Å². The molecule has 0 fully saturated rings. The van der Waals surface area contributed by atoms with Crippen LogP contribution < -0.4 is 0 Å². The van der Waals surface area contributed by atoms with Crippen molar-refractivity contribution in [3.05, 3.63) is 95.9 Å². The van der Waals surface area contributed by atoms with Gasteiger partial charge in [0.05, 0.1) is 10.9 Å². The van der Waals surface area contributed by atoms with Gasteiger partial charge in [-0.3, -0.25) is 0 Å². The van der Waals surface area contributed by atoms with Crippen LogP contribution in [0.3, 0.4) is 0 Å². The van der Waals surface area contributed by atoms with Gasteiger partial charge in [0.25, 0.3) is 0 Å². The molecular formula is C19H17S+. The zero-order valence-corrected chi connectivity index (χ0v) is 12.1. The van der Waals surface area contributed by atoms with Gasteiger partial charge in [-0.1, -0.05) is 60.7 Å². The first kappa shape index (κ1) is 13.0. The summed E-state index contributed by atoms with van der Waals surface area (Å²) < 4.78 is 0. The van der Waals surface area contributed by atoms with Crippen molar-refractivity contribution in [2.75, 3.05) is 0 Å². The number of fused-ring (bicyclic) bond motifs is 1. The minimum absolute atomic E-state index is 0.00403. The van der Waals surface area contributed by atoms with Gasteiger partial charge in [-0.15, -0.1) is 0 Å². The molecule has 0 amide bonds. The summed E-state index contributed by atoms with van der Waals surface area (Å²) in [6, 6.07) is 19.5. The van der Waals surface area contributed by atoms with E-state index in [0.29, 0.717) is 0 Å². The molecule has 0 N–H and O–H groups in total. The highest BCUT2D eigenvalue weighted by atomic mass is 32.2. The minimum atomic E-state index is 0.00403.